The maximum absolute atomic E-state index is 9.56. The van der Waals surface area contributed by atoms with Crippen molar-refractivity contribution in [1.82, 2.24) is 0 Å². The van der Waals surface area contributed by atoms with Crippen LogP contribution >= 0.6 is 0 Å². The molecule has 1 aromatic carbocycles. The normalized spacial score (nSPS) is 10.3. The third-order valence-corrected chi connectivity index (χ3v) is 2.19. The number of aromatic hydroxyl groups is 1. The summed E-state index contributed by atoms with van der Waals surface area (Å²) in [5.74, 6) is 0.327. The monoisotopic (exact) mass is 186 g/mol. The molecule has 2 rings (SSSR count). The Hall–Kier alpha value is -1.83. The van der Waals surface area contributed by atoms with Gasteiger partial charge in [0.15, 0.2) is 18.9 Å². The number of nitrogens with zero attached hydrogens (tertiary/aromatic N) is 1. The van der Waals surface area contributed by atoms with Crippen LogP contribution in [-0.4, -0.2) is 5.11 Å². The quantitative estimate of drug-likeness (QED) is 0.563. The second kappa shape index (κ2) is 3.50. The molecule has 0 unspecified atom stereocenters. The minimum Gasteiger partial charge on any atom is -0.507 e. The Balaban J connectivity index is 2.61. The second-order valence-electron chi connectivity index (χ2n) is 3.21. The van der Waals surface area contributed by atoms with Gasteiger partial charge in [0.05, 0.1) is 0 Å². The van der Waals surface area contributed by atoms with E-state index in [1.54, 1.807) is 6.07 Å². The number of phenolic OH excluding ortho intramolecular Hbond substituents is 1. The lowest BCUT2D eigenvalue weighted by molar-refractivity contribution is -0.685. The number of benzene rings is 1. The third-order valence-electron chi connectivity index (χ3n) is 2.19. The van der Waals surface area contributed by atoms with Crippen LogP contribution in [0.2, 0.25) is 0 Å². The molecule has 14 heavy (non-hydrogen) atoms. The second-order valence-corrected chi connectivity index (χ2v) is 3.21. The molecule has 1 heterocycles. The van der Waals surface area contributed by atoms with Crippen LogP contribution in [0.5, 0.6) is 5.75 Å². The molecule has 2 nitrogen and oxygen atoms in total. The predicted octanol–water partition coefficient (Wildman–Crippen LogP) is 2.02. The largest absolute Gasteiger partial charge is 0.507 e. The van der Waals surface area contributed by atoms with E-state index < -0.39 is 0 Å². The van der Waals surface area contributed by atoms with Gasteiger partial charge in [0.2, 0.25) is 0 Å². The van der Waals surface area contributed by atoms with Gasteiger partial charge in [-0.05, 0) is 18.2 Å². The minimum absolute atomic E-state index is 0.327. The molecule has 0 aliphatic heterocycles. The molecule has 0 fully saturated rings. The van der Waals surface area contributed by atoms with Crippen LogP contribution < -0.4 is 4.57 Å². The smallest absolute Gasteiger partial charge is 0.177 e. The van der Waals surface area contributed by atoms with Crippen LogP contribution in [0.1, 0.15) is 0 Å². The number of pyridine rings is 1. The summed E-state index contributed by atoms with van der Waals surface area (Å²) in [6.07, 6.45) is 5.77. The fourth-order valence-electron chi connectivity index (χ4n) is 1.52. The molecule has 0 aliphatic carbocycles. The number of rotatable bonds is 2. The van der Waals surface area contributed by atoms with Crippen molar-refractivity contribution >= 4 is 10.8 Å². The summed E-state index contributed by atoms with van der Waals surface area (Å²) >= 11 is 0. The first-order valence-corrected chi connectivity index (χ1v) is 4.53. The fraction of sp³-hybridized carbons (Fsp3) is 0.0833. The SMILES string of the molecule is C=CC[n+]1ccc2c(O)cccc2c1. The number of fused-ring (bicyclic) bond motifs is 1. The van der Waals surface area contributed by atoms with Gasteiger partial charge in [-0.3, -0.25) is 0 Å². The molecule has 0 spiro atoms. The Kier molecular flexibility index (Phi) is 2.19. The molecule has 0 saturated heterocycles. The Morgan fingerprint density at radius 3 is 3.00 bits per heavy atom. The van der Waals surface area contributed by atoms with E-state index in [0.717, 1.165) is 17.3 Å². The van der Waals surface area contributed by atoms with Gasteiger partial charge in [0.25, 0.3) is 0 Å². The van der Waals surface area contributed by atoms with Gasteiger partial charge in [0.1, 0.15) is 5.75 Å². The number of allylic oxidation sites excluding steroid dienone is 1. The van der Waals surface area contributed by atoms with Crippen LogP contribution in [0, 0.1) is 0 Å². The third kappa shape index (κ3) is 1.46. The van der Waals surface area contributed by atoms with Crippen molar-refractivity contribution in [3.8, 4) is 5.75 Å². The Labute approximate surface area is 82.7 Å². The Bertz CT molecular complexity index is 477. The molecular formula is C12H12NO+. The molecule has 2 heteroatoms. The summed E-state index contributed by atoms with van der Waals surface area (Å²) in [6.45, 7) is 4.47. The molecule has 0 aliphatic rings. The maximum Gasteiger partial charge on any atom is 0.177 e. The van der Waals surface area contributed by atoms with E-state index in [4.69, 9.17) is 0 Å². The fourth-order valence-corrected chi connectivity index (χ4v) is 1.52. The van der Waals surface area contributed by atoms with Crippen LogP contribution in [-0.2, 0) is 6.54 Å². The van der Waals surface area contributed by atoms with Gasteiger partial charge in [-0.15, -0.1) is 0 Å². The van der Waals surface area contributed by atoms with Gasteiger partial charge < -0.3 is 5.11 Å². The summed E-state index contributed by atoms with van der Waals surface area (Å²) in [5, 5.41) is 11.5. The number of aromatic nitrogens is 1. The predicted molar refractivity (Wildman–Crippen MR) is 56.0 cm³/mol. The minimum atomic E-state index is 0.327. The first-order valence-electron chi connectivity index (χ1n) is 4.53. The molecule has 0 bridgehead atoms. The van der Waals surface area contributed by atoms with Crippen molar-refractivity contribution in [2.45, 2.75) is 6.54 Å². The van der Waals surface area contributed by atoms with E-state index in [1.807, 2.05) is 41.2 Å². The van der Waals surface area contributed by atoms with E-state index in [9.17, 15) is 5.11 Å². The van der Waals surface area contributed by atoms with Crippen molar-refractivity contribution in [2.24, 2.45) is 0 Å². The zero-order chi connectivity index (χ0) is 9.97. The van der Waals surface area contributed by atoms with Crippen LogP contribution in [0.25, 0.3) is 10.8 Å². The molecule has 1 aromatic heterocycles. The average molecular weight is 186 g/mol. The van der Waals surface area contributed by atoms with E-state index in [2.05, 4.69) is 6.58 Å². The summed E-state index contributed by atoms with van der Waals surface area (Å²) in [7, 11) is 0. The van der Waals surface area contributed by atoms with Gasteiger partial charge in [-0.1, -0.05) is 12.6 Å². The molecular weight excluding hydrogens is 174 g/mol. The molecule has 70 valence electrons. The summed E-state index contributed by atoms with van der Waals surface area (Å²) in [6, 6.07) is 7.43. The lowest BCUT2D eigenvalue weighted by Gasteiger charge is -1.98. The molecule has 0 radical (unpaired) electrons. The summed E-state index contributed by atoms with van der Waals surface area (Å²) < 4.78 is 2.02. The van der Waals surface area contributed by atoms with Gasteiger partial charge in [-0.2, -0.15) is 0 Å². The van der Waals surface area contributed by atoms with Gasteiger partial charge >= 0.3 is 0 Å². The van der Waals surface area contributed by atoms with Crippen LogP contribution in [0.4, 0.5) is 0 Å². The van der Waals surface area contributed by atoms with Crippen molar-refractivity contribution in [1.29, 1.82) is 0 Å². The Morgan fingerprint density at radius 1 is 1.36 bits per heavy atom. The number of phenols is 1. The summed E-state index contributed by atoms with van der Waals surface area (Å²) in [5.41, 5.74) is 0. The number of hydrogen-bond donors (Lipinski definition) is 1. The van der Waals surface area contributed by atoms with E-state index in [0.29, 0.717) is 5.75 Å². The van der Waals surface area contributed by atoms with Gasteiger partial charge in [0, 0.05) is 16.8 Å². The molecule has 0 amide bonds. The molecule has 2 aromatic rings. The van der Waals surface area contributed by atoms with Crippen LogP contribution in [0.15, 0.2) is 49.3 Å². The lowest BCUT2D eigenvalue weighted by Crippen LogP contribution is -2.31. The highest BCUT2D eigenvalue weighted by Crippen LogP contribution is 2.21. The Morgan fingerprint density at radius 2 is 2.21 bits per heavy atom. The number of hydrogen-bond acceptors (Lipinski definition) is 1. The topological polar surface area (TPSA) is 24.1 Å². The first-order chi connectivity index (χ1) is 6.81. The summed E-state index contributed by atoms with van der Waals surface area (Å²) in [4.78, 5) is 0. The standard InChI is InChI=1S/C12H11NO/c1-2-7-13-8-6-11-10(9-13)4-3-5-12(11)14/h2-6,8-9H,1,7H2/p+1. The lowest BCUT2D eigenvalue weighted by atomic mass is 10.1. The average Bonchev–Trinajstić information content (AvgIpc) is 2.18. The van der Waals surface area contributed by atoms with E-state index in [1.165, 1.54) is 0 Å². The van der Waals surface area contributed by atoms with Gasteiger partial charge in [-0.25, -0.2) is 4.57 Å². The maximum atomic E-state index is 9.56. The van der Waals surface area contributed by atoms with Crippen LogP contribution in [0.3, 0.4) is 0 Å². The van der Waals surface area contributed by atoms with Crippen molar-refractivity contribution in [2.75, 3.05) is 0 Å². The molecule has 0 saturated carbocycles. The van der Waals surface area contributed by atoms with E-state index >= 15 is 0 Å². The first kappa shape index (κ1) is 8.75. The highest BCUT2D eigenvalue weighted by molar-refractivity contribution is 5.86. The highest BCUT2D eigenvalue weighted by atomic mass is 16.3. The molecule has 0 atom stereocenters. The zero-order valence-corrected chi connectivity index (χ0v) is 7.85. The van der Waals surface area contributed by atoms with Crippen molar-refractivity contribution < 1.29 is 9.67 Å². The van der Waals surface area contributed by atoms with Crippen molar-refractivity contribution in [3.63, 3.8) is 0 Å². The highest BCUT2D eigenvalue weighted by Gasteiger charge is 2.03. The molecule has 1 N–H and O–H groups in total. The van der Waals surface area contributed by atoms with Crippen molar-refractivity contribution in [3.05, 3.63) is 49.3 Å². The van der Waals surface area contributed by atoms with E-state index in [-0.39, 0.29) is 0 Å². The zero-order valence-electron chi connectivity index (χ0n) is 7.85.